The largest absolute Gasteiger partial charge is 0.417 e. The van der Waals surface area contributed by atoms with Gasteiger partial charge in [-0.25, -0.2) is 4.98 Å². The average molecular weight is 279 g/mol. The van der Waals surface area contributed by atoms with E-state index in [2.05, 4.69) is 4.98 Å². The van der Waals surface area contributed by atoms with Gasteiger partial charge in [0, 0.05) is 18.8 Å². The molecule has 0 saturated carbocycles. The fraction of sp³-hybridized carbons (Fsp3) is 0.583. The first kappa shape index (κ1) is 13.5. The summed E-state index contributed by atoms with van der Waals surface area (Å²) in [4.78, 5) is 5.87. The molecule has 1 aliphatic heterocycles. The van der Waals surface area contributed by atoms with Crippen LogP contribution >= 0.6 is 11.6 Å². The van der Waals surface area contributed by atoms with Crippen molar-refractivity contribution in [2.45, 2.75) is 38.4 Å². The summed E-state index contributed by atoms with van der Waals surface area (Å²) in [5.41, 5.74) is -0.805. The van der Waals surface area contributed by atoms with Crippen LogP contribution in [0, 0.1) is 0 Å². The molecule has 1 fully saturated rings. The van der Waals surface area contributed by atoms with Crippen LogP contribution in [0.3, 0.4) is 0 Å². The van der Waals surface area contributed by atoms with Crippen LogP contribution in [0.25, 0.3) is 0 Å². The molecular weight excluding hydrogens is 265 g/mol. The lowest BCUT2D eigenvalue weighted by Gasteiger charge is -2.35. The molecule has 1 saturated heterocycles. The first-order chi connectivity index (χ1) is 8.39. The van der Waals surface area contributed by atoms with Gasteiger partial charge in [0.25, 0.3) is 0 Å². The summed E-state index contributed by atoms with van der Waals surface area (Å²) in [5.74, 6) is 0.455. The molecule has 0 amide bonds. The molecular formula is C12H14ClF3N2. The summed E-state index contributed by atoms with van der Waals surface area (Å²) >= 11 is 5.93. The molecule has 1 aromatic rings. The van der Waals surface area contributed by atoms with E-state index in [4.69, 9.17) is 11.6 Å². The molecule has 2 heterocycles. The zero-order valence-electron chi connectivity index (χ0n) is 9.97. The van der Waals surface area contributed by atoms with Crippen molar-refractivity contribution in [1.82, 2.24) is 4.98 Å². The molecule has 1 aliphatic rings. The Bertz CT molecular complexity index is 434. The lowest BCUT2D eigenvalue weighted by Crippen LogP contribution is -2.38. The molecule has 100 valence electrons. The predicted octanol–water partition coefficient (Wildman–Crippen LogP) is 4.13. The first-order valence-corrected chi connectivity index (χ1v) is 6.27. The highest BCUT2D eigenvalue weighted by atomic mass is 35.5. The van der Waals surface area contributed by atoms with Gasteiger partial charge in [0.15, 0.2) is 0 Å². The minimum absolute atomic E-state index is 0.0681. The molecule has 1 aromatic heterocycles. The fourth-order valence-electron chi connectivity index (χ4n) is 2.21. The van der Waals surface area contributed by atoms with Crippen molar-refractivity contribution in [3.63, 3.8) is 0 Å². The molecule has 0 aromatic carbocycles. The summed E-state index contributed by atoms with van der Waals surface area (Å²) in [6.07, 6.45) is -0.385. The maximum atomic E-state index is 12.5. The van der Waals surface area contributed by atoms with E-state index in [-0.39, 0.29) is 11.1 Å². The van der Waals surface area contributed by atoms with E-state index in [1.807, 2.05) is 11.8 Å². The number of halogens is 4. The Labute approximate surface area is 109 Å². The van der Waals surface area contributed by atoms with Gasteiger partial charge < -0.3 is 4.90 Å². The van der Waals surface area contributed by atoms with Crippen molar-refractivity contribution in [2.75, 3.05) is 11.4 Å². The normalized spacial score (nSPS) is 21.2. The highest BCUT2D eigenvalue weighted by molar-refractivity contribution is 6.33. The van der Waals surface area contributed by atoms with Gasteiger partial charge in [0.2, 0.25) is 0 Å². The van der Waals surface area contributed by atoms with Crippen LogP contribution in [-0.4, -0.2) is 17.6 Å². The van der Waals surface area contributed by atoms with Crippen LogP contribution < -0.4 is 4.90 Å². The third kappa shape index (κ3) is 2.71. The first-order valence-electron chi connectivity index (χ1n) is 5.89. The molecule has 18 heavy (non-hydrogen) atoms. The summed E-state index contributed by atoms with van der Waals surface area (Å²) in [6, 6.07) is 1.21. The third-order valence-electron chi connectivity index (χ3n) is 3.22. The molecule has 0 spiro atoms. The standard InChI is InChI=1S/C12H14ClF3N2/c1-8-4-2-3-5-18(8)11-10(13)6-9(7-17-11)12(14,15)16/h6-8H,2-5H2,1H3/t8-/m1/s1. The highest BCUT2D eigenvalue weighted by Crippen LogP contribution is 2.35. The van der Waals surface area contributed by atoms with Crippen LogP contribution in [-0.2, 0) is 6.18 Å². The van der Waals surface area contributed by atoms with Crippen molar-refractivity contribution in [3.8, 4) is 0 Å². The minimum atomic E-state index is -4.40. The second kappa shape index (κ2) is 4.96. The third-order valence-corrected chi connectivity index (χ3v) is 3.50. The molecule has 6 heteroatoms. The minimum Gasteiger partial charge on any atom is -0.353 e. The Morgan fingerprint density at radius 2 is 2.11 bits per heavy atom. The molecule has 0 radical (unpaired) electrons. The van der Waals surface area contributed by atoms with Gasteiger partial charge in [-0.1, -0.05) is 11.6 Å². The maximum Gasteiger partial charge on any atom is 0.417 e. The second-order valence-electron chi connectivity index (χ2n) is 4.57. The number of nitrogens with zero attached hydrogens (tertiary/aromatic N) is 2. The van der Waals surface area contributed by atoms with E-state index in [0.717, 1.165) is 38.1 Å². The fourth-order valence-corrected chi connectivity index (χ4v) is 2.48. The van der Waals surface area contributed by atoms with Gasteiger partial charge in [0.05, 0.1) is 10.6 Å². The number of alkyl halides is 3. The van der Waals surface area contributed by atoms with Crippen molar-refractivity contribution >= 4 is 17.4 Å². The van der Waals surface area contributed by atoms with Crippen molar-refractivity contribution in [3.05, 3.63) is 22.8 Å². The Hall–Kier alpha value is -0.970. The Morgan fingerprint density at radius 1 is 1.39 bits per heavy atom. The SMILES string of the molecule is C[C@@H]1CCCCN1c1ncc(C(F)(F)F)cc1Cl. The number of anilines is 1. The molecule has 1 atom stereocenters. The van der Waals surface area contributed by atoms with Crippen LogP contribution in [0.4, 0.5) is 19.0 Å². The van der Waals surface area contributed by atoms with Gasteiger partial charge in [0.1, 0.15) is 5.82 Å². The molecule has 0 bridgehead atoms. The number of piperidine rings is 1. The van der Waals surface area contributed by atoms with Gasteiger partial charge in [-0.2, -0.15) is 13.2 Å². The predicted molar refractivity (Wildman–Crippen MR) is 64.9 cm³/mol. The zero-order valence-corrected chi connectivity index (χ0v) is 10.7. The van der Waals surface area contributed by atoms with E-state index in [0.29, 0.717) is 5.82 Å². The van der Waals surface area contributed by atoms with Crippen molar-refractivity contribution in [2.24, 2.45) is 0 Å². The summed E-state index contributed by atoms with van der Waals surface area (Å²) in [6.45, 7) is 2.83. The quantitative estimate of drug-likeness (QED) is 0.768. The van der Waals surface area contributed by atoms with Crippen LogP contribution in [0.1, 0.15) is 31.7 Å². The van der Waals surface area contributed by atoms with E-state index in [1.165, 1.54) is 0 Å². The molecule has 2 rings (SSSR count). The maximum absolute atomic E-state index is 12.5. The number of hydrogen-bond donors (Lipinski definition) is 0. The Kier molecular flexibility index (Phi) is 3.71. The lowest BCUT2D eigenvalue weighted by molar-refractivity contribution is -0.137. The van der Waals surface area contributed by atoms with E-state index < -0.39 is 11.7 Å². The van der Waals surface area contributed by atoms with E-state index in [9.17, 15) is 13.2 Å². The van der Waals surface area contributed by atoms with Gasteiger partial charge in [-0.15, -0.1) is 0 Å². The molecule has 0 N–H and O–H groups in total. The highest BCUT2D eigenvalue weighted by Gasteiger charge is 2.32. The van der Waals surface area contributed by atoms with Crippen LogP contribution in [0.5, 0.6) is 0 Å². The Morgan fingerprint density at radius 3 is 2.67 bits per heavy atom. The number of hydrogen-bond acceptors (Lipinski definition) is 2. The van der Waals surface area contributed by atoms with Crippen molar-refractivity contribution < 1.29 is 13.2 Å². The summed E-state index contributed by atoms with van der Waals surface area (Å²) in [7, 11) is 0. The molecule has 2 nitrogen and oxygen atoms in total. The van der Waals surface area contributed by atoms with E-state index >= 15 is 0 Å². The topological polar surface area (TPSA) is 16.1 Å². The molecule has 0 unspecified atom stereocenters. The molecule has 0 aliphatic carbocycles. The number of aromatic nitrogens is 1. The number of rotatable bonds is 1. The van der Waals surface area contributed by atoms with E-state index in [1.54, 1.807) is 0 Å². The van der Waals surface area contributed by atoms with Crippen molar-refractivity contribution in [1.29, 1.82) is 0 Å². The summed E-state index contributed by atoms with van der Waals surface area (Å²) < 4.78 is 37.5. The van der Waals surface area contributed by atoms with Crippen LogP contribution in [0.15, 0.2) is 12.3 Å². The number of pyridine rings is 1. The second-order valence-corrected chi connectivity index (χ2v) is 4.97. The van der Waals surface area contributed by atoms with Gasteiger partial charge in [-0.05, 0) is 32.3 Å². The smallest absolute Gasteiger partial charge is 0.353 e. The zero-order chi connectivity index (χ0) is 13.3. The average Bonchev–Trinajstić information content (AvgIpc) is 2.29. The van der Waals surface area contributed by atoms with Gasteiger partial charge >= 0.3 is 6.18 Å². The summed E-state index contributed by atoms with van der Waals surface area (Å²) in [5, 5.41) is 0.0681. The Balaban J connectivity index is 2.29. The van der Waals surface area contributed by atoms with Crippen LogP contribution in [0.2, 0.25) is 5.02 Å². The monoisotopic (exact) mass is 278 g/mol. The lowest BCUT2D eigenvalue weighted by atomic mass is 10.0. The van der Waals surface area contributed by atoms with Gasteiger partial charge in [-0.3, -0.25) is 0 Å².